The number of nitrogens with two attached hydrogens (primary N) is 1. The Bertz CT molecular complexity index is 513. The molecule has 0 radical (unpaired) electrons. The number of rotatable bonds is 4. The molecule has 92 valence electrons. The highest BCUT2D eigenvalue weighted by molar-refractivity contribution is 5.75. The standard InChI is InChI=1S/C13H20N4/c1-4-8-17-11-6-7-15-9-10(11)16-12(17)13(3,14)5-2/h6-7,9H,4-5,8,14H2,1-3H3. The Morgan fingerprint density at radius 2 is 2.18 bits per heavy atom. The van der Waals surface area contributed by atoms with Crippen LogP contribution in [-0.4, -0.2) is 14.5 Å². The van der Waals surface area contributed by atoms with Crippen molar-refractivity contribution in [2.45, 2.75) is 45.7 Å². The van der Waals surface area contributed by atoms with Crippen LogP contribution in [0.15, 0.2) is 18.5 Å². The van der Waals surface area contributed by atoms with Crippen LogP contribution in [0, 0.1) is 0 Å². The van der Waals surface area contributed by atoms with E-state index in [9.17, 15) is 0 Å². The predicted molar refractivity (Wildman–Crippen MR) is 69.6 cm³/mol. The van der Waals surface area contributed by atoms with Crippen molar-refractivity contribution in [3.05, 3.63) is 24.3 Å². The monoisotopic (exact) mass is 232 g/mol. The number of nitrogens with zero attached hydrogens (tertiary/aromatic N) is 3. The Morgan fingerprint density at radius 1 is 1.41 bits per heavy atom. The molecule has 2 N–H and O–H groups in total. The molecule has 4 heteroatoms. The number of aryl methyl sites for hydroxylation is 1. The zero-order valence-corrected chi connectivity index (χ0v) is 10.8. The van der Waals surface area contributed by atoms with Gasteiger partial charge in [0.2, 0.25) is 0 Å². The Labute approximate surface area is 102 Å². The zero-order valence-electron chi connectivity index (χ0n) is 10.8. The van der Waals surface area contributed by atoms with Crippen molar-refractivity contribution in [2.24, 2.45) is 5.73 Å². The molecule has 0 fully saturated rings. The number of hydrogen-bond acceptors (Lipinski definition) is 3. The molecular weight excluding hydrogens is 212 g/mol. The Kier molecular flexibility index (Phi) is 3.15. The van der Waals surface area contributed by atoms with E-state index in [0.717, 1.165) is 36.2 Å². The van der Waals surface area contributed by atoms with Crippen molar-refractivity contribution in [1.82, 2.24) is 14.5 Å². The summed E-state index contributed by atoms with van der Waals surface area (Å²) < 4.78 is 2.22. The molecule has 0 saturated carbocycles. The highest BCUT2D eigenvalue weighted by atomic mass is 15.1. The first kappa shape index (κ1) is 12.0. The minimum atomic E-state index is -0.381. The van der Waals surface area contributed by atoms with Gasteiger partial charge in [-0.15, -0.1) is 0 Å². The van der Waals surface area contributed by atoms with Crippen LogP contribution in [-0.2, 0) is 12.1 Å². The van der Waals surface area contributed by atoms with Gasteiger partial charge in [0.25, 0.3) is 0 Å². The lowest BCUT2D eigenvalue weighted by Crippen LogP contribution is -2.35. The molecule has 2 heterocycles. The van der Waals surface area contributed by atoms with Crippen LogP contribution >= 0.6 is 0 Å². The Balaban J connectivity index is 2.65. The van der Waals surface area contributed by atoms with Gasteiger partial charge in [-0.3, -0.25) is 4.98 Å². The smallest absolute Gasteiger partial charge is 0.129 e. The highest BCUT2D eigenvalue weighted by Gasteiger charge is 2.26. The molecule has 0 bridgehead atoms. The van der Waals surface area contributed by atoms with E-state index in [4.69, 9.17) is 5.73 Å². The van der Waals surface area contributed by atoms with Gasteiger partial charge in [0, 0.05) is 12.7 Å². The fourth-order valence-corrected chi connectivity index (χ4v) is 2.03. The summed E-state index contributed by atoms with van der Waals surface area (Å²) in [6, 6.07) is 2.01. The van der Waals surface area contributed by atoms with Crippen molar-refractivity contribution in [3.8, 4) is 0 Å². The van der Waals surface area contributed by atoms with Crippen molar-refractivity contribution in [3.63, 3.8) is 0 Å². The van der Waals surface area contributed by atoms with Gasteiger partial charge >= 0.3 is 0 Å². The second kappa shape index (κ2) is 4.45. The average molecular weight is 232 g/mol. The predicted octanol–water partition coefficient (Wildman–Crippen LogP) is 2.43. The molecule has 2 aromatic heterocycles. The molecule has 0 aliphatic carbocycles. The van der Waals surface area contributed by atoms with Gasteiger partial charge in [-0.05, 0) is 25.8 Å². The minimum Gasteiger partial charge on any atom is -0.326 e. The third kappa shape index (κ3) is 2.05. The topological polar surface area (TPSA) is 56.7 Å². The van der Waals surface area contributed by atoms with Gasteiger partial charge in [-0.2, -0.15) is 0 Å². The third-order valence-electron chi connectivity index (χ3n) is 3.24. The van der Waals surface area contributed by atoms with E-state index in [2.05, 4.69) is 28.4 Å². The summed E-state index contributed by atoms with van der Waals surface area (Å²) in [5, 5.41) is 0. The first-order chi connectivity index (χ1) is 8.10. The van der Waals surface area contributed by atoms with E-state index >= 15 is 0 Å². The van der Waals surface area contributed by atoms with Gasteiger partial charge in [-0.1, -0.05) is 13.8 Å². The molecule has 1 unspecified atom stereocenters. The SMILES string of the molecule is CCCn1c(C(C)(N)CC)nc2cnccc21. The van der Waals surface area contributed by atoms with Crippen LogP contribution in [0.2, 0.25) is 0 Å². The van der Waals surface area contributed by atoms with E-state index in [-0.39, 0.29) is 5.54 Å². The van der Waals surface area contributed by atoms with Crippen molar-refractivity contribution in [1.29, 1.82) is 0 Å². The fourth-order valence-electron chi connectivity index (χ4n) is 2.03. The fraction of sp³-hybridized carbons (Fsp3) is 0.538. The normalized spacial score (nSPS) is 15.1. The molecule has 0 aliphatic heterocycles. The van der Waals surface area contributed by atoms with Crippen molar-refractivity contribution < 1.29 is 0 Å². The maximum absolute atomic E-state index is 6.33. The van der Waals surface area contributed by atoms with Crippen molar-refractivity contribution >= 4 is 11.0 Å². The molecule has 0 aliphatic rings. The molecule has 4 nitrogen and oxygen atoms in total. The molecular formula is C13H20N4. The van der Waals surface area contributed by atoms with Gasteiger partial charge in [0.05, 0.1) is 17.3 Å². The second-order valence-electron chi connectivity index (χ2n) is 4.72. The summed E-state index contributed by atoms with van der Waals surface area (Å²) in [6.45, 7) is 7.24. The van der Waals surface area contributed by atoms with Gasteiger partial charge in [0.1, 0.15) is 11.3 Å². The lowest BCUT2D eigenvalue weighted by Gasteiger charge is -2.23. The van der Waals surface area contributed by atoms with E-state index in [1.165, 1.54) is 0 Å². The number of fused-ring (bicyclic) bond motifs is 1. The summed E-state index contributed by atoms with van der Waals surface area (Å²) in [4.78, 5) is 8.77. The molecule has 0 amide bonds. The van der Waals surface area contributed by atoms with E-state index in [1.807, 2.05) is 13.0 Å². The minimum absolute atomic E-state index is 0.381. The summed E-state index contributed by atoms with van der Waals surface area (Å²) in [5.41, 5.74) is 8.01. The molecule has 0 saturated heterocycles. The number of pyridine rings is 1. The Morgan fingerprint density at radius 3 is 2.82 bits per heavy atom. The van der Waals surface area contributed by atoms with Crippen LogP contribution in [0.25, 0.3) is 11.0 Å². The van der Waals surface area contributed by atoms with Gasteiger partial charge in [0.15, 0.2) is 0 Å². The molecule has 0 aromatic carbocycles. The summed E-state index contributed by atoms with van der Waals surface area (Å²) in [7, 11) is 0. The summed E-state index contributed by atoms with van der Waals surface area (Å²) in [5.74, 6) is 0.963. The van der Waals surface area contributed by atoms with E-state index in [0.29, 0.717) is 0 Å². The Hall–Kier alpha value is -1.42. The van der Waals surface area contributed by atoms with Crippen molar-refractivity contribution in [2.75, 3.05) is 0 Å². The molecule has 17 heavy (non-hydrogen) atoms. The number of imidazole rings is 1. The largest absolute Gasteiger partial charge is 0.326 e. The van der Waals surface area contributed by atoms with Crippen LogP contribution in [0.5, 0.6) is 0 Å². The van der Waals surface area contributed by atoms with Crippen LogP contribution in [0.3, 0.4) is 0 Å². The molecule has 1 atom stereocenters. The highest BCUT2D eigenvalue weighted by Crippen LogP contribution is 2.25. The molecule has 2 rings (SSSR count). The van der Waals surface area contributed by atoms with E-state index < -0.39 is 0 Å². The quantitative estimate of drug-likeness (QED) is 0.880. The first-order valence-electron chi connectivity index (χ1n) is 6.19. The van der Waals surface area contributed by atoms with Crippen LogP contribution in [0.4, 0.5) is 0 Å². The molecule has 2 aromatic rings. The average Bonchev–Trinajstić information content (AvgIpc) is 2.70. The van der Waals surface area contributed by atoms with Crippen LogP contribution < -0.4 is 5.73 Å². The summed E-state index contributed by atoms with van der Waals surface area (Å²) in [6.07, 6.45) is 5.55. The third-order valence-corrected chi connectivity index (χ3v) is 3.24. The van der Waals surface area contributed by atoms with Crippen LogP contribution in [0.1, 0.15) is 39.4 Å². The molecule has 0 spiro atoms. The van der Waals surface area contributed by atoms with Gasteiger partial charge < -0.3 is 10.3 Å². The number of hydrogen-bond donors (Lipinski definition) is 1. The maximum atomic E-state index is 6.33. The first-order valence-corrected chi connectivity index (χ1v) is 6.19. The maximum Gasteiger partial charge on any atom is 0.129 e. The van der Waals surface area contributed by atoms with Gasteiger partial charge in [-0.25, -0.2) is 4.98 Å². The lowest BCUT2D eigenvalue weighted by atomic mass is 9.99. The zero-order chi connectivity index (χ0) is 12.5. The summed E-state index contributed by atoms with van der Waals surface area (Å²) >= 11 is 0. The lowest BCUT2D eigenvalue weighted by molar-refractivity contribution is 0.422. The van der Waals surface area contributed by atoms with E-state index in [1.54, 1.807) is 12.4 Å². The number of aromatic nitrogens is 3. The second-order valence-corrected chi connectivity index (χ2v) is 4.72.